The van der Waals surface area contributed by atoms with Crippen molar-refractivity contribution >= 4 is 28.9 Å². The fourth-order valence-electron chi connectivity index (χ4n) is 6.36. The number of anilines is 2. The Balaban J connectivity index is 1.55. The van der Waals surface area contributed by atoms with Crippen molar-refractivity contribution in [3.05, 3.63) is 51.4 Å². The normalized spacial score (nSPS) is 32.3. The minimum atomic E-state index is -0.819. The minimum Gasteiger partial charge on any atom is -0.481 e. The minimum absolute atomic E-state index is 0.0560. The lowest BCUT2D eigenvalue weighted by Gasteiger charge is -2.59. The summed E-state index contributed by atoms with van der Waals surface area (Å²) in [5.41, 5.74) is 1.22. The molecule has 1 aromatic heterocycles. The first kappa shape index (κ1) is 18.7. The number of aliphatic carboxylic acids is 1. The molecule has 0 unspecified atom stereocenters. The lowest BCUT2D eigenvalue weighted by molar-refractivity contribution is -0.168. The highest BCUT2D eigenvalue weighted by molar-refractivity contribution is 6.33. The number of benzene rings is 1. The van der Waals surface area contributed by atoms with E-state index in [1.165, 1.54) is 4.68 Å². The molecule has 0 spiro atoms. The van der Waals surface area contributed by atoms with E-state index in [2.05, 4.69) is 10.4 Å². The van der Waals surface area contributed by atoms with Crippen LogP contribution < -0.4 is 10.9 Å². The fourth-order valence-corrected chi connectivity index (χ4v) is 6.54. The van der Waals surface area contributed by atoms with Gasteiger partial charge in [0.05, 0.1) is 23.3 Å². The second-order valence-corrected chi connectivity index (χ2v) is 9.49. The first-order chi connectivity index (χ1) is 13.9. The molecule has 4 aliphatic carbocycles. The van der Waals surface area contributed by atoms with Gasteiger partial charge in [0, 0.05) is 5.69 Å². The summed E-state index contributed by atoms with van der Waals surface area (Å²) in [7, 11) is 0. The summed E-state index contributed by atoms with van der Waals surface area (Å²) in [6.07, 6.45) is 5.99. The van der Waals surface area contributed by atoms with Gasteiger partial charge in [0.1, 0.15) is 5.02 Å². The largest absolute Gasteiger partial charge is 0.481 e. The fraction of sp³-hybridized carbons (Fsp3) is 0.500. The number of aryl methyl sites for hydroxylation is 1. The first-order valence-corrected chi connectivity index (χ1v) is 10.6. The van der Waals surface area contributed by atoms with Crippen LogP contribution in [0.25, 0.3) is 0 Å². The lowest BCUT2D eigenvalue weighted by Crippen LogP contribution is -2.63. The zero-order valence-electron chi connectivity index (χ0n) is 16.3. The number of aromatic nitrogens is 2. The van der Waals surface area contributed by atoms with E-state index in [1.807, 2.05) is 31.2 Å². The second kappa shape index (κ2) is 6.59. The Morgan fingerprint density at radius 2 is 1.86 bits per heavy atom. The molecule has 1 aromatic carbocycles. The molecule has 4 saturated carbocycles. The van der Waals surface area contributed by atoms with Crippen molar-refractivity contribution < 1.29 is 9.90 Å². The molecule has 0 saturated heterocycles. The van der Waals surface area contributed by atoms with Crippen molar-refractivity contribution in [3.8, 4) is 0 Å². The van der Waals surface area contributed by atoms with Gasteiger partial charge in [-0.05, 0) is 68.9 Å². The van der Waals surface area contributed by atoms with E-state index in [1.54, 1.807) is 6.20 Å². The van der Waals surface area contributed by atoms with E-state index in [0.717, 1.165) is 30.5 Å². The molecular formula is C22H24ClN3O3. The maximum Gasteiger partial charge on any atom is 0.309 e. The number of rotatable bonds is 4. The summed E-state index contributed by atoms with van der Waals surface area (Å²) in [6.45, 7) is 2.00. The number of nitrogens with zero attached hydrogens (tertiary/aromatic N) is 2. The highest BCUT2D eigenvalue weighted by atomic mass is 35.5. The summed E-state index contributed by atoms with van der Waals surface area (Å²) in [5, 5.41) is 17.7. The molecule has 1 heterocycles. The molecule has 4 bridgehead atoms. The van der Waals surface area contributed by atoms with Crippen LogP contribution >= 0.6 is 11.6 Å². The summed E-state index contributed by atoms with van der Waals surface area (Å²) in [4.78, 5) is 25.5. The SMILES string of the molecule is Cc1ccc(Nc2cnn(C34C[C@@H]5CC(C[C@H](C5)C3)[C@H]4C(=O)O)c(=O)c2Cl)cc1. The molecule has 2 N–H and O–H groups in total. The van der Waals surface area contributed by atoms with E-state index >= 15 is 0 Å². The Morgan fingerprint density at radius 3 is 2.48 bits per heavy atom. The third-order valence-corrected chi connectivity index (χ3v) is 7.58. The smallest absolute Gasteiger partial charge is 0.309 e. The molecule has 7 heteroatoms. The predicted molar refractivity (Wildman–Crippen MR) is 111 cm³/mol. The Bertz CT molecular complexity index is 1020. The number of nitrogens with one attached hydrogen (secondary N) is 1. The van der Waals surface area contributed by atoms with E-state index in [-0.39, 0.29) is 10.9 Å². The van der Waals surface area contributed by atoms with Gasteiger partial charge in [-0.25, -0.2) is 4.68 Å². The van der Waals surface area contributed by atoms with E-state index in [9.17, 15) is 14.7 Å². The standard InChI is InChI=1S/C22H24ClN3O3/c1-12-2-4-16(5-3-12)25-17-11-24-26(20(27)19(17)23)22-9-13-6-14(10-22)8-15(7-13)18(22)21(28)29/h2-5,11,13-15,18,25H,6-10H2,1H3,(H,28,29)/t13-,14-,15?,18-,22?/m0/s1. The van der Waals surface area contributed by atoms with Crippen LogP contribution in [0.15, 0.2) is 35.3 Å². The van der Waals surface area contributed by atoms with Crippen molar-refractivity contribution in [2.75, 3.05) is 5.32 Å². The highest BCUT2D eigenvalue weighted by Crippen LogP contribution is 2.61. The topological polar surface area (TPSA) is 84.2 Å². The van der Waals surface area contributed by atoms with Crippen LogP contribution in [-0.4, -0.2) is 20.9 Å². The average Bonchev–Trinajstić information content (AvgIpc) is 2.66. The van der Waals surface area contributed by atoms with Crippen LogP contribution in [0.4, 0.5) is 11.4 Å². The van der Waals surface area contributed by atoms with E-state index in [0.29, 0.717) is 30.4 Å². The van der Waals surface area contributed by atoms with Gasteiger partial charge < -0.3 is 10.4 Å². The summed E-state index contributed by atoms with van der Waals surface area (Å²) in [5.74, 6) is -0.327. The number of carbonyl (C=O) groups is 1. The van der Waals surface area contributed by atoms with Gasteiger partial charge in [0.2, 0.25) is 0 Å². The molecule has 6 nitrogen and oxygen atoms in total. The van der Waals surface area contributed by atoms with Gasteiger partial charge in [-0.2, -0.15) is 5.10 Å². The highest BCUT2D eigenvalue weighted by Gasteiger charge is 2.61. The van der Waals surface area contributed by atoms with Crippen molar-refractivity contribution in [2.24, 2.45) is 23.7 Å². The molecule has 152 valence electrons. The molecule has 29 heavy (non-hydrogen) atoms. The second-order valence-electron chi connectivity index (χ2n) is 9.11. The van der Waals surface area contributed by atoms with E-state index in [4.69, 9.17) is 11.6 Å². The molecule has 0 aliphatic heterocycles. The van der Waals surface area contributed by atoms with Gasteiger partial charge in [-0.3, -0.25) is 9.59 Å². The predicted octanol–water partition coefficient (Wildman–Crippen LogP) is 4.18. The number of hydrogen-bond acceptors (Lipinski definition) is 4. The third-order valence-electron chi connectivity index (χ3n) is 7.21. The molecule has 3 atom stereocenters. The van der Waals surface area contributed by atoms with Gasteiger partial charge in [-0.1, -0.05) is 29.3 Å². The molecule has 6 rings (SSSR count). The summed E-state index contributed by atoms with van der Waals surface area (Å²) < 4.78 is 1.42. The maximum atomic E-state index is 13.3. The molecule has 0 amide bonds. The zero-order valence-corrected chi connectivity index (χ0v) is 17.0. The molecular weight excluding hydrogens is 390 g/mol. The molecule has 4 fully saturated rings. The molecule has 0 radical (unpaired) electrons. The maximum absolute atomic E-state index is 13.3. The first-order valence-electron chi connectivity index (χ1n) is 10.2. The Morgan fingerprint density at radius 1 is 1.21 bits per heavy atom. The Labute approximate surface area is 173 Å². The summed E-state index contributed by atoms with van der Waals surface area (Å²) in [6, 6.07) is 7.77. The van der Waals surface area contributed by atoms with Gasteiger partial charge in [0.25, 0.3) is 5.56 Å². The number of halogens is 1. The van der Waals surface area contributed by atoms with Crippen LogP contribution in [0, 0.1) is 30.6 Å². The van der Waals surface area contributed by atoms with Crippen LogP contribution in [0.3, 0.4) is 0 Å². The monoisotopic (exact) mass is 413 g/mol. The van der Waals surface area contributed by atoms with Gasteiger partial charge >= 0.3 is 5.97 Å². The Kier molecular flexibility index (Phi) is 4.24. The quantitative estimate of drug-likeness (QED) is 0.785. The van der Waals surface area contributed by atoms with E-state index < -0.39 is 23.0 Å². The van der Waals surface area contributed by atoms with Crippen LogP contribution in [0.2, 0.25) is 5.02 Å². The van der Waals surface area contributed by atoms with Gasteiger partial charge in [-0.15, -0.1) is 0 Å². The van der Waals surface area contributed by atoms with Crippen LogP contribution in [-0.2, 0) is 10.3 Å². The zero-order chi connectivity index (χ0) is 20.3. The third kappa shape index (κ3) is 2.88. The van der Waals surface area contributed by atoms with Gasteiger partial charge in [0.15, 0.2) is 0 Å². The molecule has 4 aliphatic rings. The number of carboxylic acid groups (broad SMARTS) is 1. The van der Waals surface area contributed by atoms with Crippen molar-refractivity contribution in [2.45, 2.75) is 44.6 Å². The summed E-state index contributed by atoms with van der Waals surface area (Å²) >= 11 is 6.46. The lowest BCUT2D eigenvalue weighted by atomic mass is 9.48. The number of carboxylic acids is 1. The van der Waals surface area contributed by atoms with Crippen molar-refractivity contribution in [1.29, 1.82) is 0 Å². The average molecular weight is 414 g/mol. The number of hydrogen-bond donors (Lipinski definition) is 2. The molecule has 2 aromatic rings. The van der Waals surface area contributed by atoms with Crippen molar-refractivity contribution in [3.63, 3.8) is 0 Å². The van der Waals surface area contributed by atoms with Crippen LogP contribution in [0.5, 0.6) is 0 Å². The van der Waals surface area contributed by atoms with Crippen molar-refractivity contribution in [1.82, 2.24) is 9.78 Å². The Hall–Kier alpha value is -2.34. The van der Waals surface area contributed by atoms with Crippen LogP contribution in [0.1, 0.15) is 37.7 Å².